The van der Waals surface area contributed by atoms with Crippen LogP contribution in [0.5, 0.6) is 5.75 Å². The van der Waals surface area contributed by atoms with Gasteiger partial charge in [0.2, 0.25) is 0 Å². The van der Waals surface area contributed by atoms with E-state index in [1.807, 2.05) is 62.3 Å². The summed E-state index contributed by atoms with van der Waals surface area (Å²) < 4.78 is 7.68. The van der Waals surface area contributed by atoms with E-state index < -0.39 is 0 Å². The predicted molar refractivity (Wildman–Crippen MR) is 141 cm³/mol. The molecule has 0 aliphatic carbocycles. The summed E-state index contributed by atoms with van der Waals surface area (Å²) in [5.41, 5.74) is 4.19. The second kappa shape index (κ2) is 10.0. The number of ether oxygens (including phenoxy) is 1. The van der Waals surface area contributed by atoms with Crippen LogP contribution in [0.2, 0.25) is 0 Å². The smallest absolute Gasteiger partial charge is 0.294 e. The molecule has 2 aromatic heterocycles. The number of aromatic nitrogens is 2. The maximum absolute atomic E-state index is 11.9. The zero-order valence-electron chi connectivity index (χ0n) is 20.6. The highest BCUT2D eigenvalue weighted by atomic mass is 16.6. The van der Waals surface area contributed by atoms with Gasteiger partial charge >= 0.3 is 0 Å². The van der Waals surface area contributed by atoms with E-state index in [9.17, 15) is 10.1 Å². The fourth-order valence-electron chi connectivity index (χ4n) is 4.12. The molecule has 182 valence electrons. The minimum atomic E-state index is -0.369. The van der Waals surface area contributed by atoms with Crippen LogP contribution in [0, 0.1) is 10.1 Å². The van der Waals surface area contributed by atoms with Gasteiger partial charge in [-0.2, -0.15) is 0 Å². The molecule has 0 aliphatic heterocycles. The van der Waals surface area contributed by atoms with Gasteiger partial charge in [0.25, 0.3) is 5.69 Å². The van der Waals surface area contributed by atoms with Crippen molar-refractivity contribution in [1.29, 1.82) is 0 Å². The Hall–Kier alpha value is -4.11. The van der Waals surface area contributed by atoms with Gasteiger partial charge < -0.3 is 24.4 Å². The summed E-state index contributed by atoms with van der Waals surface area (Å²) >= 11 is 0. The van der Waals surface area contributed by atoms with Crippen LogP contribution < -0.4 is 15.0 Å². The van der Waals surface area contributed by atoms with Crippen LogP contribution in [-0.4, -0.2) is 60.7 Å². The Bertz CT molecular complexity index is 1360. The molecule has 0 aliphatic rings. The second-order valence-corrected chi connectivity index (χ2v) is 8.75. The Labute approximate surface area is 204 Å². The number of likely N-dealkylation sites (N-methyl/N-ethyl adjacent to an activating group) is 2. The van der Waals surface area contributed by atoms with Crippen LogP contribution in [0.4, 0.5) is 22.9 Å². The summed E-state index contributed by atoms with van der Waals surface area (Å²) in [6.45, 7) is 1.40. The summed E-state index contributed by atoms with van der Waals surface area (Å²) in [4.78, 5) is 19.9. The lowest BCUT2D eigenvalue weighted by Gasteiger charge is -2.23. The Balaban J connectivity index is 1.70. The van der Waals surface area contributed by atoms with Gasteiger partial charge in [0, 0.05) is 68.2 Å². The first-order valence-corrected chi connectivity index (χ1v) is 11.3. The molecule has 2 heterocycles. The topological polar surface area (TPSA) is 88.7 Å². The van der Waals surface area contributed by atoms with Gasteiger partial charge in [0.15, 0.2) is 0 Å². The molecule has 0 amide bonds. The van der Waals surface area contributed by atoms with Gasteiger partial charge in [0.05, 0.1) is 17.7 Å². The third-order valence-corrected chi connectivity index (χ3v) is 6.02. The molecule has 9 nitrogen and oxygen atoms in total. The molecular weight excluding hydrogens is 444 g/mol. The van der Waals surface area contributed by atoms with Gasteiger partial charge in [-0.3, -0.25) is 10.1 Å². The Kier molecular flexibility index (Phi) is 6.88. The number of hydrogen-bond acceptors (Lipinski definition) is 7. The highest BCUT2D eigenvalue weighted by Gasteiger charge is 2.22. The van der Waals surface area contributed by atoms with Crippen molar-refractivity contribution in [3.63, 3.8) is 0 Å². The SMILES string of the molecule is COc1cc(N(C)CCN(C)C)c([N+](=O)[O-])cc1Nc1cc(-c2cn(C)c3ccccc23)ccn1. The normalized spacial score (nSPS) is 11.1. The number of anilines is 3. The number of para-hydroxylation sites is 1. The third-order valence-electron chi connectivity index (χ3n) is 6.02. The molecule has 4 aromatic rings. The number of methoxy groups -OCH3 is 1. The lowest BCUT2D eigenvalue weighted by Crippen LogP contribution is -2.28. The minimum absolute atomic E-state index is 0.000218. The lowest BCUT2D eigenvalue weighted by atomic mass is 10.1. The van der Waals surface area contributed by atoms with Crippen molar-refractivity contribution in [1.82, 2.24) is 14.5 Å². The average Bonchev–Trinajstić information content (AvgIpc) is 3.19. The summed E-state index contributed by atoms with van der Waals surface area (Å²) in [5.74, 6) is 1.07. The van der Waals surface area contributed by atoms with Crippen LogP contribution >= 0.6 is 0 Å². The molecule has 9 heteroatoms. The van der Waals surface area contributed by atoms with Crippen molar-refractivity contribution in [3.05, 3.63) is 71.0 Å². The standard InChI is InChI=1S/C26H30N6O3/c1-29(2)12-13-30(3)23-16-25(35-5)21(15-24(23)32(33)34)28-26-14-18(10-11-27-26)20-17-31(4)22-9-7-6-8-19(20)22/h6-11,14-17H,12-13H2,1-5H3,(H,27,28). The zero-order chi connectivity index (χ0) is 25.1. The van der Waals surface area contributed by atoms with E-state index in [-0.39, 0.29) is 10.6 Å². The molecule has 0 unspecified atom stereocenters. The molecule has 0 spiro atoms. The van der Waals surface area contributed by atoms with Crippen molar-refractivity contribution in [2.75, 3.05) is 51.6 Å². The van der Waals surface area contributed by atoms with Gasteiger partial charge in [-0.1, -0.05) is 18.2 Å². The highest BCUT2D eigenvalue weighted by Crippen LogP contribution is 2.39. The van der Waals surface area contributed by atoms with Crippen molar-refractivity contribution in [2.24, 2.45) is 7.05 Å². The molecule has 0 saturated heterocycles. The Morgan fingerprint density at radius 1 is 1.11 bits per heavy atom. The number of benzene rings is 2. The van der Waals surface area contributed by atoms with Crippen LogP contribution in [0.25, 0.3) is 22.0 Å². The van der Waals surface area contributed by atoms with Gasteiger partial charge in [-0.15, -0.1) is 0 Å². The molecular formula is C26H30N6O3. The van der Waals surface area contributed by atoms with E-state index in [4.69, 9.17) is 4.74 Å². The average molecular weight is 475 g/mol. The first kappa shape index (κ1) is 24.0. The van der Waals surface area contributed by atoms with E-state index in [2.05, 4.69) is 33.2 Å². The highest BCUT2D eigenvalue weighted by molar-refractivity contribution is 5.96. The molecule has 4 rings (SSSR count). The lowest BCUT2D eigenvalue weighted by molar-refractivity contribution is -0.384. The fourth-order valence-corrected chi connectivity index (χ4v) is 4.12. The first-order chi connectivity index (χ1) is 16.8. The monoisotopic (exact) mass is 474 g/mol. The van der Waals surface area contributed by atoms with E-state index in [1.54, 1.807) is 19.4 Å². The van der Waals surface area contributed by atoms with Crippen LogP contribution in [0.15, 0.2) is 60.9 Å². The van der Waals surface area contributed by atoms with E-state index >= 15 is 0 Å². The summed E-state index contributed by atoms with van der Waals surface area (Å²) in [7, 11) is 9.35. The molecule has 35 heavy (non-hydrogen) atoms. The quantitative estimate of drug-likeness (QED) is 0.273. The van der Waals surface area contributed by atoms with Crippen LogP contribution in [0.1, 0.15) is 0 Å². The van der Waals surface area contributed by atoms with E-state index in [0.717, 1.165) is 28.6 Å². The summed E-state index contributed by atoms with van der Waals surface area (Å²) in [6.07, 6.45) is 3.82. The van der Waals surface area contributed by atoms with Crippen LogP contribution in [0.3, 0.4) is 0 Å². The number of nitro benzene ring substituents is 1. The maximum atomic E-state index is 11.9. The molecule has 0 saturated carbocycles. The number of hydrogen-bond donors (Lipinski definition) is 1. The number of aryl methyl sites for hydroxylation is 1. The Morgan fingerprint density at radius 2 is 1.89 bits per heavy atom. The largest absolute Gasteiger partial charge is 0.494 e. The summed E-state index contributed by atoms with van der Waals surface area (Å²) in [5, 5.41) is 16.3. The number of nitrogens with one attached hydrogen (secondary N) is 1. The number of nitrogens with zero attached hydrogens (tertiary/aromatic N) is 5. The van der Waals surface area contributed by atoms with Crippen molar-refractivity contribution >= 4 is 33.8 Å². The molecule has 0 fully saturated rings. The first-order valence-electron chi connectivity index (χ1n) is 11.3. The van der Waals surface area contributed by atoms with E-state index in [1.165, 1.54) is 6.07 Å². The minimum Gasteiger partial charge on any atom is -0.494 e. The van der Waals surface area contributed by atoms with E-state index in [0.29, 0.717) is 29.5 Å². The predicted octanol–water partition coefficient (Wildman–Crippen LogP) is 4.90. The molecule has 0 radical (unpaired) electrons. The number of fused-ring (bicyclic) bond motifs is 1. The summed E-state index contributed by atoms with van der Waals surface area (Å²) in [6, 6.07) is 15.3. The molecule has 1 N–H and O–H groups in total. The molecule has 2 aromatic carbocycles. The van der Waals surface area contributed by atoms with Crippen molar-refractivity contribution in [3.8, 4) is 16.9 Å². The fraction of sp³-hybridized carbons (Fsp3) is 0.269. The zero-order valence-corrected chi connectivity index (χ0v) is 20.6. The number of rotatable bonds is 9. The van der Waals surface area contributed by atoms with Crippen LogP contribution in [-0.2, 0) is 7.05 Å². The van der Waals surface area contributed by atoms with Gasteiger partial charge in [0.1, 0.15) is 17.3 Å². The number of nitro groups is 1. The van der Waals surface area contributed by atoms with Gasteiger partial charge in [-0.05, 0) is 37.9 Å². The Morgan fingerprint density at radius 3 is 2.60 bits per heavy atom. The van der Waals surface area contributed by atoms with Gasteiger partial charge in [-0.25, -0.2) is 4.98 Å². The third kappa shape index (κ3) is 5.04. The molecule has 0 atom stereocenters. The van der Waals surface area contributed by atoms with Crippen molar-refractivity contribution < 1.29 is 9.66 Å². The number of pyridine rings is 1. The van der Waals surface area contributed by atoms with Crippen molar-refractivity contribution in [2.45, 2.75) is 0 Å². The molecule has 0 bridgehead atoms. The maximum Gasteiger partial charge on any atom is 0.294 e. The second-order valence-electron chi connectivity index (χ2n) is 8.75.